The van der Waals surface area contributed by atoms with E-state index in [9.17, 15) is 14.0 Å². The SMILES string of the molecule is CN(C(=O)c1cc(Br)ccc1F)C1CCC(=O)CC1. The zero-order chi connectivity index (χ0) is 14.0. The molecule has 1 amide bonds. The predicted molar refractivity (Wildman–Crippen MR) is 73.5 cm³/mol. The zero-order valence-corrected chi connectivity index (χ0v) is 12.2. The number of halogens is 2. The Labute approximate surface area is 119 Å². The van der Waals surface area contributed by atoms with Crippen LogP contribution in [0.25, 0.3) is 0 Å². The lowest BCUT2D eigenvalue weighted by molar-refractivity contribution is -0.121. The van der Waals surface area contributed by atoms with Gasteiger partial charge in [-0.1, -0.05) is 15.9 Å². The molecular formula is C14H15BrFNO2. The molecule has 0 unspecified atom stereocenters. The number of Topliss-reactive ketones (excluding diaryl/α,β-unsaturated/α-hetero) is 1. The Bertz CT molecular complexity index is 508. The van der Waals surface area contributed by atoms with E-state index in [-0.39, 0.29) is 23.3 Å². The molecule has 3 nitrogen and oxygen atoms in total. The van der Waals surface area contributed by atoms with E-state index in [4.69, 9.17) is 0 Å². The maximum Gasteiger partial charge on any atom is 0.256 e. The van der Waals surface area contributed by atoms with E-state index in [0.717, 1.165) is 0 Å². The lowest BCUT2D eigenvalue weighted by atomic mass is 9.93. The van der Waals surface area contributed by atoms with E-state index in [0.29, 0.717) is 30.2 Å². The van der Waals surface area contributed by atoms with Crippen LogP contribution in [0.4, 0.5) is 4.39 Å². The fourth-order valence-corrected chi connectivity index (χ4v) is 2.69. The molecule has 0 N–H and O–H groups in total. The van der Waals surface area contributed by atoms with Gasteiger partial charge in [0, 0.05) is 30.4 Å². The van der Waals surface area contributed by atoms with Gasteiger partial charge in [0.2, 0.25) is 0 Å². The molecule has 0 radical (unpaired) electrons. The van der Waals surface area contributed by atoms with Gasteiger partial charge in [0.25, 0.3) is 5.91 Å². The second-order valence-electron chi connectivity index (χ2n) is 4.81. The first-order valence-electron chi connectivity index (χ1n) is 6.23. The van der Waals surface area contributed by atoms with Gasteiger partial charge in [0.1, 0.15) is 11.6 Å². The van der Waals surface area contributed by atoms with Gasteiger partial charge in [-0.2, -0.15) is 0 Å². The second-order valence-corrected chi connectivity index (χ2v) is 5.73. The van der Waals surface area contributed by atoms with Crippen LogP contribution in [0.2, 0.25) is 0 Å². The largest absolute Gasteiger partial charge is 0.339 e. The molecule has 1 fully saturated rings. The Morgan fingerprint density at radius 1 is 1.37 bits per heavy atom. The van der Waals surface area contributed by atoms with Crippen molar-refractivity contribution in [1.82, 2.24) is 4.90 Å². The van der Waals surface area contributed by atoms with Crippen LogP contribution in [0.3, 0.4) is 0 Å². The minimum Gasteiger partial charge on any atom is -0.339 e. The summed E-state index contributed by atoms with van der Waals surface area (Å²) in [6.45, 7) is 0. The van der Waals surface area contributed by atoms with E-state index in [2.05, 4.69) is 15.9 Å². The molecule has 0 heterocycles. The Morgan fingerprint density at radius 3 is 2.63 bits per heavy atom. The topological polar surface area (TPSA) is 37.4 Å². The lowest BCUT2D eigenvalue weighted by Crippen LogP contribution is -2.39. The zero-order valence-electron chi connectivity index (χ0n) is 10.7. The van der Waals surface area contributed by atoms with Crippen molar-refractivity contribution < 1.29 is 14.0 Å². The lowest BCUT2D eigenvalue weighted by Gasteiger charge is -2.30. The molecular weight excluding hydrogens is 313 g/mol. The third-order valence-corrected chi connectivity index (χ3v) is 4.03. The quantitative estimate of drug-likeness (QED) is 0.836. The first kappa shape index (κ1) is 14.2. The molecule has 0 bridgehead atoms. The number of hydrogen-bond acceptors (Lipinski definition) is 2. The summed E-state index contributed by atoms with van der Waals surface area (Å²) in [5.41, 5.74) is 0.0637. The highest BCUT2D eigenvalue weighted by Gasteiger charge is 2.27. The van der Waals surface area contributed by atoms with Crippen molar-refractivity contribution in [2.24, 2.45) is 0 Å². The summed E-state index contributed by atoms with van der Waals surface area (Å²) in [7, 11) is 1.67. The van der Waals surface area contributed by atoms with Crippen LogP contribution in [0.15, 0.2) is 22.7 Å². The van der Waals surface area contributed by atoms with E-state index in [1.807, 2.05) is 0 Å². The number of hydrogen-bond donors (Lipinski definition) is 0. The second kappa shape index (κ2) is 5.82. The van der Waals surface area contributed by atoms with Crippen LogP contribution < -0.4 is 0 Å². The van der Waals surface area contributed by atoms with Gasteiger partial charge in [-0.15, -0.1) is 0 Å². The molecule has 5 heteroatoms. The molecule has 19 heavy (non-hydrogen) atoms. The first-order chi connectivity index (χ1) is 8.99. The fraction of sp³-hybridized carbons (Fsp3) is 0.429. The molecule has 2 rings (SSSR count). The van der Waals surface area contributed by atoms with Crippen LogP contribution >= 0.6 is 15.9 Å². The number of rotatable bonds is 2. The highest BCUT2D eigenvalue weighted by atomic mass is 79.9. The minimum absolute atomic E-state index is 0.0172. The van der Waals surface area contributed by atoms with Crippen molar-refractivity contribution >= 4 is 27.6 Å². The molecule has 1 aliphatic carbocycles. The fourth-order valence-electron chi connectivity index (χ4n) is 2.33. The number of carbonyl (C=O) groups excluding carboxylic acids is 2. The van der Waals surface area contributed by atoms with Crippen molar-refractivity contribution in [3.8, 4) is 0 Å². The highest BCUT2D eigenvalue weighted by Crippen LogP contribution is 2.23. The van der Waals surface area contributed by atoms with Crippen LogP contribution in [0.1, 0.15) is 36.0 Å². The van der Waals surface area contributed by atoms with Crippen molar-refractivity contribution in [3.05, 3.63) is 34.1 Å². The van der Waals surface area contributed by atoms with Crippen molar-refractivity contribution in [1.29, 1.82) is 0 Å². The summed E-state index contributed by atoms with van der Waals surface area (Å²) in [6.07, 6.45) is 2.33. The summed E-state index contributed by atoms with van der Waals surface area (Å²) in [5.74, 6) is -0.615. The van der Waals surface area contributed by atoms with E-state index in [1.165, 1.54) is 12.1 Å². The molecule has 0 atom stereocenters. The Kier molecular flexibility index (Phi) is 4.34. The van der Waals surface area contributed by atoms with Gasteiger partial charge in [-0.25, -0.2) is 4.39 Å². The minimum atomic E-state index is -0.521. The summed E-state index contributed by atoms with van der Waals surface area (Å²) in [4.78, 5) is 25.0. The third-order valence-electron chi connectivity index (χ3n) is 3.54. The average Bonchev–Trinajstić information content (AvgIpc) is 2.41. The third kappa shape index (κ3) is 3.21. The average molecular weight is 328 g/mol. The van der Waals surface area contributed by atoms with Gasteiger partial charge in [0.05, 0.1) is 5.56 Å². The summed E-state index contributed by atoms with van der Waals surface area (Å²) < 4.78 is 14.4. The van der Waals surface area contributed by atoms with Gasteiger partial charge in [0.15, 0.2) is 0 Å². The van der Waals surface area contributed by atoms with Crippen LogP contribution in [0.5, 0.6) is 0 Å². The monoisotopic (exact) mass is 327 g/mol. The smallest absolute Gasteiger partial charge is 0.256 e. The summed E-state index contributed by atoms with van der Waals surface area (Å²) in [5, 5.41) is 0. The van der Waals surface area contributed by atoms with E-state index in [1.54, 1.807) is 18.0 Å². The molecule has 0 aromatic heterocycles. The maximum absolute atomic E-state index is 13.7. The van der Waals surface area contributed by atoms with Crippen molar-refractivity contribution in [3.63, 3.8) is 0 Å². The number of benzene rings is 1. The van der Waals surface area contributed by atoms with Crippen molar-refractivity contribution in [2.45, 2.75) is 31.7 Å². The molecule has 1 aliphatic rings. The highest BCUT2D eigenvalue weighted by molar-refractivity contribution is 9.10. The standard InChI is InChI=1S/C14H15BrFNO2/c1-17(10-3-5-11(18)6-4-10)14(19)12-8-9(15)2-7-13(12)16/h2,7-8,10H,3-6H2,1H3. The van der Waals surface area contributed by atoms with E-state index >= 15 is 0 Å². The summed E-state index contributed by atoms with van der Waals surface area (Å²) >= 11 is 3.24. The van der Waals surface area contributed by atoms with Gasteiger partial charge >= 0.3 is 0 Å². The Balaban J connectivity index is 2.14. The van der Waals surface area contributed by atoms with Gasteiger partial charge < -0.3 is 4.90 Å². The van der Waals surface area contributed by atoms with Crippen LogP contribution in [-0.4, -0.2) is 29.7 Å². The molecule has 1 saturated carbocycles. The molecule has 0 saturated heterocycles. The van der Waals surface area contributed by atoms with Gasteiger partial charge in [-0.3, -0.25) is 9.59 Å². The van der Waals surface area contributed by atoms with Crippen LogP contribution in [0, 0.1) is 5.82 Å². The number of nitrogens with zero attached hydrogens (tertiary/aromatic N) is 1. The first-order valence-corrected chi connectivity index (χ1v) is 7.02. The predicted octanol–water partition coefficient (Wildman–Crippen LogP) is 3.17. The molecule has 1 aromatic carbocycles. The molecule has 102 valence electrons. The Morgan fingerprint density at radius 2 is 2.00 bits per heavy atom. The number of ketones is 1. The molecule has 0 aliphatic heterocycles. The normalized spacial score (nSPS) is 16.5. The van der Waals surface area contributed by atoms with E-state index < -0.39 is 5.82 Å². The van der Waals surface area contributed by atoms with Gasteiger partial charge in [-0.05, 0) is 31.0 Å². The number of amides is 1. The van der Waals surface area contributed by atoms with Crippen LogP contribution in [-0.2, 0) is 4.79 Å². The molecule has 0 spiro atoms. The summed E-state index contributed by atoms with van der Waals surface area (Å²) in [6, 6.07) is 4.34. The maximum atomic E-state index is 13.7. The van der Waals surface area contributed by atoms with Crippen molar-refractivity contribution in [2.75, 3.05) is 7.05 Å². The Hall–Kier alpha value is -1.23. The molecule has 1 aromatic rings. The number of carbonyl (C=O) groups is 2.